The number of thiol groups is 1. The van der Waals surface area contributed by atoms with Crippen molar-refractivity contribution in [3.63, 3.8) is 0 Å². The maximum Gasteiger partial charge on any atom is 0.0514 e. The van der Waals surface area contributed by atoms with Crippen molar-refractivity contribution in [3.05, 3.63) is 29.8 Å². The largest absolute Gasteiger partial charge is 0.329 e. The van der Waals surface area contributed by atoms with E-state index in [9.17, 15) is 0 Å². The van der Waals surface area contributed by atoms with Crippen LogP contribution in [0, 0.1) is 0 Å². The lowest BCUT2D eigenvalue weighted by molar-refractivity contribution is 0.697. The fourth-order valence-electron chi connectivity index (χ4n) is 1.13. The topological polar surface area (TPSA) is 50.4 Å². The second kappa shape index (κ2) is 7.45. The van der Waals surface area contributed by atoms with Crippen LogP contribution in [0.1, 0.15) is 5.56 Å². The first-order valence-corrected chi connectivity index (χ1v) is 5.48. The van der Waals surface area contributed by atoms with Gasteiger partial charge in [-0.2, -0.15) is 0 Å². The van der Waals surface area contributed by atoms with Gasteiger partial charge in [-0.05, 0) is 6.07 Å². The minimum atomic E-state index is 0.670. The molecule has 82 valence electrons. The van der Waals surface area contributed by atoms with Gasteiger partial charge in [0.1, 0.15) is 0 Å². The van der Waals surface area contributed by atoms with Crippen molar-refractivity contribution in [2.24, 2.45) is 10.7 Å². The van der Waals surface area contributed by atoms with Crippen LogP contribution in [0.5, 0.6) is 0 Å². The van der Waals surface area contributed by atoms with Crippen LogP contribution in [0.2, 0.25) is 0 Å². The van der Waals surface area contributed by atoms with Crippen LogP contribution in [-0.4, -0.2) is 32.4 Å². The number of nitrogens with two attached hydrogens (primary N) is 1. The standard InChI is InChI=1S/C11H17N3S/c12-5-6-13-7-8-14-9-10-3-1-2-4-11(10)15/h1-4,9,13,15H,5-8,12H2. The third-order valence-corrected chi connectivity index (χ3v) is 2.31. The molecule has 0 aliphatic heterocycles. The highest BCUT2D eigenvalue weighted by atomic mass is 32.1. The van der Waals surface area contributed by atoms with E-state index in [0.29, 0.717) is 6.54 Å². The van der Waals surface area contributed by atoms with E-state index in [1.807, 2.05) is 30.5 Å². The van der Waals surface area contributed by atoms with E-state index in [2.05, 4.69) is 22.9 Å². The Morgan fingerprint density at radius 2 is 2.13 bits per heavy atom. The summed E-state index contributed by atoms with van der Waals surface area (Å²) < 4.78 is 0. The molecule has 15 heavy (non-hydrogen) atoms. The monoisotopic (exact) mass is 223 g/mol. The predicted molar refractivity (Wildman–Crippen MR) is 68.1 cm³/mol. The average molecular weight is 223 g/mol. The van der Waals surface area contributed by atoms with Crippen molar-refractivity contribution >= 4 is 18.8 Å². The van der Waals surface area contributed by atoms with E-state index in [0.717, 1.165) is 30.1 Å². The molecule has 0 amide bonds. The minimum absolute atomic E-state index is 0.670. The molecule has 3 N–H and O–H groups in total. The number of nitrogens with one attached hydrogen (secondary N) is 1. The lowest BCUT2D eigenvalue weighted by atomic mass is 10.2. The molecule has 0 bridgehead atoms. The van der Waals surface area contributed by atoms with E-state index in [4.69, 9.17) is 5.73 Å². The number of aliphatic imine (C=N–C) groups is 1. The molecule has 3 nitrogen and oxygen atoms in total. The SMILES string of the molecule is NCCNCCN=Cc1ccccc1S. The summed E-state index contributed by atoms with van der Waals surface area (Å²) in [5.41, 5.74) is 6.40. The van der Waals surface area contributed by atoms with Gasteiger partial charge in [0.25, 0.3) is 0 Å². The van der Waals surface area contributed by atoms with Gasteiger partial charge in [-0.25, -0.2) is 0 Å². The van der Waals surface area contributed by atoms with Gasteiger partial charge in [0.15, 0.2) is 0 Å². The summed E-state index contributed by atoms with van der Waals surface area (Å²) in [5.74, 6) is 0. The van der Waals surface area contributed by atoms with Gasteiger partial charge in [0.2, 0.25) is 0 Å². The van der Waals surface area contributed by atoms with Gasteiger partial charge in [-0.1, -0.05) is 18.2 Å². The molecule has 0 saturated carbocycles. The Hall–Kier alpha value is -0.840. The predicted octanol–water partition coefficient (Wildman–Crippen LogP) is 0.943. The normalized spacial score (nSPS) is 11.1. The molecule has 0 unspecified atom stereocenters. The van der Waals surface area contributed by atoms with Crippen LogP contribution in [0.25, 0.3) is 0 Å². The number of nitrogens with zero attached hydrogens (tertiary/aromatic N) is 1. The Kier molecular flexibility index (Phi) is 6.08. The summed E-state index contributed by atoms with van der Waals surface area (Å²) in [6.07, 6.45) is 1.85. The van der Waals surface area contributed by atoms with Crippen LogP contribution in [0.15, 0.2) is 34.2 Å². The van der Waals surface area contributed by atoms with Crippen molar-refractivity contribution in [2.75, 3.05) is 26.2 Å². The molecule has 0 fully saturated rings. The molecule has 4 heteroatoms. The Bertz CT molecular complexity index is 312. The lowest BCUT2D eigenvalue weighted by Gasteiger charge is -1.99. The molecule has 0 radical (unpaired) electrons. The molecule has 0 aromatic heterocycles. The fourth-order valence-corrected chi connectivity index (χ4v) is 1.35. The van der Waals surface area contributed by atoms with Crippen LogP contribution < -0.4 is 11.1 Å². The molecule has 1 aromatic carbocycles. The third-order valence-electron chi connectivity index (χ3n) is 1.91. The van der Waals surface area contributed by atoms with E-state index in [-0.39, 0.29) is 0 Å². The molecule has 0 saturated heterocycles. The van der Waals surface area contributed by atoms with Gasteiger partial charge in [-0.15, -0.1) is 12.6 Å². The second-order valence-corrected chi connectivity index (χ2v) is 3.61. The van der Waals surface area contributed by atoms with Crippen molar-refractivity contribution in [2.45, 2.75) is 4.90 Å². The number of rotatable bonds is 6. The highest BCUT2D eigenvalue weighted by Crippen LogP contribution is 2.09. The minimum Gasteiger partial charge on any atom is -0.329 e. The van der Waals surface area contributed by atoms with Crippen LogP contribution in [0.3, 0.4) is 0 Å². The van der Waals surface area contributed by atoms with E-state index in [1.54, 1.807) is 0 Å². The summed E-state index contributed by atoms with van der Waals surface area (Å²) in [5, 5.41) is 3.18. The van der Waals surface area contributed by atoms with Crippen molar-refractivity contribution in [1.82, 2.24) is 5.32 Å². The van der Waals surface area contributed by atoms with Gasteiger partial charge < -0.3 is 11.1 Å². The number of benzene rings is 1. The lowest BCUT2D eigenvalue weighted by Crippen LogP contribution is -2.24. The first-order valence-electron chi connectivity index (χ1n) is 5.03. The quantitative estimate of drug-likeness (QED) is 0.382. The van der Waals surface area contributed by atoms with Gasteiger partial charge in [-0.3, -0.25) is 4.99 Å². The number of hydrogen-bond donors (Lipinski definition) is 3. The molecule has 1 rings (SSSR count). The molecule has 1 aromatic rings. The Balaban J connectivity index is 2.29. The highest BCUT2D eigenvalue weighted by molar-refractivity contribution is 7.80. The molecule has 0 aliphatic rings. The first-order chi connectivity index (χ1) is 7.34. The van der Waals surface area contributed by atoms with Crippen LogP contribution in [-0.2, 0) is 0 Å². The van der Waals surface area contributed by atoms with Crippen LogP contribution >= 0.6 is 12.6 Å². The maximum absolute atomic E-state index is 5.34. The van der Waals surface area contributed by atoms with Gasteiger partial charge in [0.05, 0.1) is 6.54 Å². The molecule has 0 spiro atoms. The first kappa shape index (κ1) is 12.2. The third kappa shape index (κ3) is 4.97. The Morgan fingerprint density at radius 1 is 1.33 bits per heavy atom. The molecule has 0 heterocycles. The van der Waals surface area contributed by atoms with E-state index >= 15 is 0 Å². The zero-order chi connectivity index (χ0) is 10.9. The van der Waals surface area contributed by atoms with E-state index < -0.39 is 0 Å². The molecule has 0 atom stereocenters. The zero-order valence-electron chi connectivity index (χ0n) is 8.69. The maximum atomic E-state index is 5.34. The summed E-state index contributed by atoms with van der Waals surface area (Å²) >= 11 is 4.33. The number of hydrogen-bond acceptors (Lipinski definition) is 4. The van der Waals surface area contributed by atoms with Gasteiger partial charge >= 0.3 is 0 Å². The summed E-state index contributed by atoms with van der Waals surface area (Å²) in [4.78, 5) is 5.25. The zero-order valence-corrected chi connectivity index (χ0v) is 9.58. The Morgan fingerprint density at radius 3 is 2.87 bits per heavy atom. The van der Waals surface area contributed by atoms with Crippen molar-refractivity contribution in [1.29, 1.82) is 0 Å². The highest BCUT2D eigenvalue weighted by Gasteiger charge is 1.91. The van der Waals surface area contributed by atoms with Crippen LogP contribution in [0.4, 0.5) is 0 Å². The Labute approximate surface area is 96.2 Å². The molecular weight excluding hydrogens is 206 g/mol. The molecule has 0 aliphatic carbocycles. The van der Waals surface area contributed by atoms with Crippen molar-refractivity contribution < 1.29 is 0 Å². The summed E-state index contributed by atoms with van der Waals surface area (Å²) in [7, 11) is 0. The smallest absolute Gasteiger partial charge is 0.0514 e. The van der Waals surface area contributed by atoms with Gasteiger partial charge in [0, 0.05) is 36.3 Å². The van der Waals surface area contributed by atoms with E-state index in [1.165, 1.54) is 0 Å². The molecular formula is C11H17N3S. The van der Waals surface area contributed by atoms with Crippen molar-refractivity contribution in [3.8, 4) is 0 Å². The second-order valence-electron chi connectivity index (χ2n) is 3.13. The average Bonchev–Trinajstić information content (AvgIpc) is 2.25. The summed E-state index contributed by atoms with van der Waals surface area (Å²) in [6, 6.07) is 7.90. The summed E-state index contributed by atoms with van der Waals surface area (Å²) in [6.45, 7) is 3.15. The fraction of sp³-hybridized carbons (Fsp3) is 0.364.